The van der Waals surface area contributed by atoms with Gasteiger partial charge in [0.15, 0.2) is 0 Å². The molecule has 1 heterocycles. The van der Waals surface area contributed by atoms with Gasteiger partial charge in [0.2, 0.25) is 10.0 Å². The number of methoxy groups -OCH3 is 1. The van der Waals surface area contributed by atoms with Gasteiger partial charge in [0.1, 0.15) is 17.1 Å². The van der Waals surface area contributed by atoms with Gasteiger partial charge < -0.3 is 9.47 Å². The number of nitrogens with one attached hydrogen (secondary N) is 1. The first kappa shape index (κ1) is 19.7. The zero-order valence-corrected chi connectivity index (χ0v) is 17.5. The second kappa shape index (κ2) is 6.84. The van der Waals surface area contributed by atoms with Crippen LogP contribution in [-0.4, -0.2) is 21.1 Å². The molecule has 1 atom stereocenters. The molecule has 2 aromatic carbocycles. The number of benzene rings is 2. The Kier molecular flexibility index (Phi) is 4.99. The fourth-order valence-electron chi connectivity index (χ4n) is 3.59. The Morgan fingerprint density at radius 1 is 1.11 bits per heavy atom. The van der Waals surface area contributed by atoms with E-state index in [9.17, 15) is 8.42 Å². The van der Waals surface area contributed by atoms with Crippen LogP contribution < -0.4 is 14.2 Å². The van der Waals surface area contributed by atoms with Crippen LogP contribution in [0.15, 0.2) is 35.2 Å². The molecule has 0 amide bonds. The Morgan fingerprint density at radius 2 is 1.81 bits per heavy atom. The molecule has 0 saturated carbocycles. The first-order valence-electron chi connectivity index (χ1n) is 8.99. The molecule has 2 aromatic rings. The summed E-state index contributed by atoms with van der Waals surface area (Å²) in [5.74, 6) is 1.42. The summed E-state index contributed by atoms with van der Waals surface area (Å²) >= 11 is 0. The van der Waals surface area contributed by atoms with E-state index in [1.807, 2.05) is 45.9 Å². The van der Waals surface area contributed by atoms with Crippen LogP contribution in [0.25, 0.3) is 0 Å². The van der Waals surface area contributed by atoms with Crippen LogP contribution in [0.1, 0.15) is 48.6 Å². The lowest BCUT2D eigenvalue weighted by Crippen LogP contribution is -2.41. The predicted octanol–water partition coefficient (Wildman–Crippen LogP) is 4.20. The van der Waals surface area contributed by atoms with Crippen molar-refractivity contribution in [3.05, 3.63) is 52.6 Å². The van der Waals surface area contributed by atoms with Crippen molar-refractivity contribution >= 4 is 10.0 Å². The lowest BCUT2D eigenvalue weighted by molar-refractivity contribution is 0.0701. The Bertz CT molecular complexity index is 980. The fraction of sp³-hybridized carbons (Fsp3) is 0.429. The molecule has 1 unspecified atom stereocenters. The Labute approximate surface area is 161 Å². The summed E-state index contributed by atoms with van der Waals surface area (Å²) in [5.41, 5.74) is 2.92. The fourth-order valence-corrected chi connectivity index (χ4v) is 5.11. The van der Waals surface area contributed by atoms with Crippen LogP contribution in [0.2, 0.25) is 0 Å². The molecule has 5 nitrogen and oxygen atoms in total. The molecular formula is C21H27NO4S. The molecule has 0 saturated heterocycles. The van der Waals surface area contributed by atoms with Gasteiger partial charge in [0, 0.05) is 12.0 Å². The van der Waals surface area contributed by atoms with Gasteiger partial charge in [0.25, 0.3) is 0 Å². The van der Waals surface area contributed by atoms with Crippen molar-refractivity contribution in [1.82, 2.24) is 4.72 Å². The summed E-state index contributed by atoms with van der Waals surface area (Å²) in [4.78, 5) is 0.277. The number of hydrogen-bond donors (Lipinski definition) is 1. The smallest absolute Gasteiger partial charge is 0.241 e. The molecule has 0 aromatic heterocycles. The molecular weight excluding hydrogens is 362 g/mol. The number of aryl methyl sites for hydroxylation is 3. The lowest BCUT2D eigenvalue weighted by Gasteiger charge is -2.38. The maximum absolute atomic E-state index is 13.2. The SMILES string of the molecule is COc1cc(C)c(S(=O)(=O)NC2CC(C)(C)Oc3cc(C)ccc32)cc1C. The first-order chi connectivity index (χ1) is 12.5. The van der Waals surface area contributed by atoms with Gasteiger partial charge in [-0.2, -0.15) is 0 Å². The quantitative estimate of drug-likeness (QED) is 0.851. The molecule has 27 heavy (non-hydrogen) atoms. The second-order valence-electron chi connectivity index (χ2n) is 7.87. The maximum atomic E-state index is 13.2. The summed E-state index contributed by atoms with van der Waals surface area (Å²) in [7, 11) is -2.12. The van der Waals surface area contributed by atoms with E-state index in [0.29, 0.717) is 17.7 Å². The molecule has 0 radical (unpaired) electrons. The van der Waals surface area contributed by atoms with Gasteiger partial charge in [-0.25, -0.2) is 13.1 Å². The average Bonchev–Trinajstić information content (AvgIpc) is 2.54. The number of fused-ring (bicyclic) bond motifs is 1. The number of ether oxygens (including phenoxy) is 2. The third-order valence-corrected chi connectivity index (χ3v) is 6.52. The summed E-state index contributed by atoms with van der Waals surface area (Å²) < 4.78 is 40.6. The summed E-state index contributed by atoms with van der Waals surface area (Å²) in [6.45, 7) is 9.56. The van der Waals surface area contributed by atoms with E-state index in [2.05, 4.69) is 4.72 Å². The van der Waals surface area contributed by atoms with E-state index < -0.39 is 15.6 Å². The van der Waals surface area contributed by atoms with Crippen molar-refractivity contribution in [1.29, 1.82) is 0 Å². The van der Waals surface area contributed by atoms with Crippen LogP contribution in [0.3, 0.4) is 0 Å². The molecule has 3 rings (SSSR count). The van der Waals surface area contributed by atoms with Gasteiger partial charge in [-0.1, -0.05) is 12.1 Å². The van der Waals surface area contributed by atoms with Crippen LogP contribution in [0.5, 0.6) is 11.5 Å². The van der Waals surface area contributed by atoms with Crippen molar-refractivity contribution in [2.24, 2.45) is 0 Å². The minimum absolute atomic E-state index is 0.277. The molecule has 6 heteroatoms. The Balaban J connectivity index is 2.00. The average molecular weight is 390 g/mol. The molecule has 1 aliphatic heterocycles. The Hall–Kier alpha value is -2.05. The van der Waals surface area contributed by atoms with Crippen LogP contribution >= 0.6 is 0 Å². The van der Waals surface area contributed by atoms with Crippen LogP contribution in [0.4, 0.5) is 0 Å². The van der Waals surface area contributed by atoms with Crippen molar-refractivity contribution in [2.45, 2.75) is 57.6 Å². The summed E-state index contributed by atoms with van der Waals surface area (Å²) in [5, 5.41) is 0. The molecule has 1 aliphatic rings. The van der Waals surface area contributed by atoms with Gasteiger partial charge in [-0.3, -0.25) is 0 Å². The highest BCUT2D eigenvalue weighted by atomic mass is 32.2. The van der Waals surface area contributed by atoms with Gasteiger partial charge >= 0.3 is 0 Å². The molecule has 0 aliphatic carbocycles. The third kappa shape index (κ3) is 3.96. The minimum atomic E-state index is -3.70. The van der Waals surface area contributed by atoms with Gasteiger partial charge in [0.05, 0.1) is 18.0 Å². The highest BCUT2D eigenvalue weighted by Crippen LogP contribution is 2.40. The van der Waals surface area contributed by atoms with E-state index in [1.165, 1.54) is 0 Å². The van der Waals surface area contributed by atoms with Gasteiger partial charge in [-0.15, -0.1) is 0 Å². The lowest BCUT2D eigenvalue weighted by atomic mass is 9.90. The molecule has 1 N–H and O–H groups in total. The summed E-state index contributed by atoms with van der Waals surface area (Å²) in [6, 6.07) is 8.95. The Morgan fingerprint density at radius 3 is 2.48 bits per heavy atom. The zero-order valence-electron chi connectivity index (χ0n) is 16.7. The van der Waals surface area contributed by atoms with E-state index in [-0.39, 0.29) is 10.9 Å². The van der Waals surface area contributed by atoms with Crippen molar-refractivity contribution in [3.8, 4) is 11.5 Å². The maximum Gasteiger partial charge on any atom is 0.241 e. The largest absolute Gasteiger partial charge is 0.496 e. The molecule has 0 fully saturated rings. The molecule has 0 spiro atoms. The standard InChI is InChI=1S/C21H27NO4S/c1-13-7-8-16-17(12-21(4,5)26-19(16)9-13)22-27(23,24)20-11-14(2)18(25-6)10-15(20)3/h7-11,17,22H,12H2,1-6H3. The number of sulfonamides is 1. The van der Waals surface area contributed by atoms with Crippen LogP contribution in [0, 0.1) is 20.8 Å². The van der Waals surface area contributed by atoms with E-state index in [1.54, 1.807) is 26.2 Å². The highest BCUT2D eigenvalue weighted by Gasteiger charge is 2.36. The topological polar surface area (TPSA) is 64.6 Å². The van der Waals surface area contributed by atoms with Crippen LogP contribution in [-0.2, 0) is 10.0 Å². The predicted molar refractivity (Wildman–Crippen MR) is 106 cm³/mol. The summed E-state index contributed by atoms with van der Waals surface area (Å²) in [6.07, 6.45) is 0.552. The van der Waals surface area contributed by atoms with Crippen molar-refractivity contribution in [3.63, 3.8) is 0 Å². The van der Waals surface area contributed by atoms with Crippen molar-refractivity contribution in [2.75, 3.05) is 7.11 Å². The number of rotatable bonds is 4. The minimum Gasteiger partial charge on any atom is -0.496 e. The van der Waals surface area contributed by atoms with E-state index in [4.69, 9.17) is 9.47 Å². The zero-order chi connectivity index (χ0) is 20.0. The molecule has 146 valence electrons. The first-order valence-corrected chi connectivity index (χ1v) is 10.5. The van der Waals surface area contributed by atoms with Gasteiger partial charge in [-0.05, 0) is 69.5 Å². The normalized spacial score (nSPS) is 18.5. The number of hydrogen-bond acceptors (Lipinski definition) is 4. The molecule has 0 bridgehead atoms. The third-order valence-electron chi connectivity index (χ3n) is 4.91. The second-order valence-corrected chi connectivity index (χ2v) is 9.55. The highest BCUT2D eigenvalue weighted by molar-refractivity contribution is 7.89. The van der Waals surface area contributed by atoms with E-state index >= 15 is 0 Å². The van der Waals surface area contributed by atoms with Crippen molar-refractivity contribution < 1.29 is 17.9 Å². The monoisotopic (exact) mass is 389 g/mol. The van der Waals surface area contributed by atoms with E-state index in [0.717, 1.165) is 22.4 Å².